The highest BCUT2D eigenvalue weighted by atomic mass is 16.6. The number of hydrogen-bond acceptors (Lipinski definition) is 3. The molecule has 0 aromatic carbocycles. The van der Waals surface area contributed by atoms with E-state index >= 15 is 0 Å². The fourth-order valence-electron chi connectivity index (χ4n) is 6.32. The van der Waals surface area contributed by atoms with Gasteiger partial charge in [0.2, 0.25) is 0 Å². The van der Waals surface area contributed by atoms with Gasteiger partial charge in [0.25, 0.3) is 0 Å². The molecule has 0 saturated carbocycles. The van der Waals surface area contributed by atoms with Gasteiger partial charge in [0.05, 0.1) is 5.92 Å². The van der Waals surface area contributed by atoms with Crippen LogP contribution in [-0.2, 0) is 14.3 Å². The molecule has 0 aliphatic carbocycles. The number of carbonyl (C=O) groups is 2. The summed E-state index contributed by atoms with van der Waals surface area (Å²) in [5, 5.41) is 0. The van der Waals surface area contributed by atoms with E-state index in [1.54, 1.807) is 0 Å². The molecule has 0 saturated heterocycles. The Balaban J connectivity index is 3.91. The van der Waals surface area contributed by atoms with Crippen LogP contribution >= 0.6 is 0 Å². The van der Waals surface area contributed by atoms with Crippen molar-refractivity contribution >= 4 is 11.9 Å². The lowest BCUT2D eigenvalue weighted by Gasteiger charge is -2.15. The summed E-state index contributed by atoms with van der Waals surface area (Å²) in [7, 11) is 0. The zero-order valence-corrected chi connectivity index (χ0v) is 29.8. The standard InChI is InChI=1S/C40H78O3/c1-4-7-10-13-16-18-19-20-21-22-23-24-25-26-28-31-34-37-39(41)43-40(42)38(35-32-29-15-12-9-6-3)36-33-30-27-17-14-11-8-5-2/h38H,4-37H2,1-3H3. The van der Waals surface area contributed by atoms with E-state index in [2.05, 4.69) is 20.8 Å². The quantitative estimate of drug-likeness (QED) is 0.0409. The first-order valence-electron chi connectivity index (χ1n) is 19.9. The fraction of sp³-hybridized carbons (Fsp3) is 0.950. The lowest BCUT2D eigenvalue weighted by Crippen LogP contribution is -2.21. The Bertz CT molecular complexity index is 572. The van der Waals surface area contributed by atoms with Gasteiger partial charge in [-0.3, -0.25) is 9.59 Å². The third-order valence-corrected chi connectivity index (χ3v) is 9.34. The first kappa shape index (κ1) is 42.1. The van der Waals surface area contributed by atoms with Crippen LogP contribution in [0.5, 0.6) is 0 Å². The molecule has 1 unspecified atom stereocenters. The number of rotatable bonds is 35. The highest BCUT2D eigenvalue weighted by Gasteiger charge is 2.22. The highest BCUT2D eigenvalue weighted by molar-refractivity contribution is 5.86. The second kappa shape index (κ2) is 35.6. The maximum Gasteiger partial charge on any atom is 0.316 e. The van der Waals surface area contributed by atoms with E-state index in [9.17, 15) is 9.59 Å². The normalized spacial score (nSPS) is 12.1. The van der Waals surface area contributed by atoms with Crippen LogP contribution in [0.1, 0.15) is 239 Å². The summed E-state index contributed by atoms with van der Waals surface area (Å²) >= 11 is 0. The minimum absolute atomic E-state index is 0.0919. The van der Waals surface area contributed by atoms with E-state index in [1.807, 2.05) is 0 Å². The average molecular weight is 607 g/mol. The van der Waals surface area contributed by atoms with Crippen molar-refractivity contribution in [1.82, 2.24) is 0 Å². The number of carbonyl (C=O) groups excluding carboxylic acids is 2. The number of esters is 2. The van der Waals surface area contributed by atoms with Crippen LogP contribution in [-0.4, -0.2) is 11.9 Å². The van der Waals surface area contributed by atoms with Gasteiger partial charge in [-0.25, -0.2) is 0 Å². The maximum absolute atomic E-state index is 12.9. The van der Waals surface area contributed by atoms with Gasteiger partial charge in [0.15, 0.2) is 0 Å². The second-order valence-corrected chi connectivity index (χ2v) is 13.7. The van der Waals surface area contributed by atoms with Crippen LogP contribution in [0.15, 0.2) is 0 Å². The summed E-state index contributed by atoms with van der Waals surface area (Å²) in [6.07, 6.45) is 42.3. The van der Waals surface area contributed by atoms with Crippen molar-refractivity contribution in [2.24, 2.45) is 5.92 Å². The van der Waals surface area contributed by atoms with Crippen LogP contribution in [0, 0.1) is 5.92 Å². The molecule has 0 aliphatic heterocycles. The Morgan fingerprint density at radius 1 is 0.372 bits per heavy atom. The SMILES string of the molecule is CCCCCCCCCCCCCCCCCCCC(=O)OC(=O)C(CCCCCCCC)CCCCCCCCCC. The van der Waals surface area contributed by atoms with E-state index < -0.39 is 0 Å². The van der Waals surface area contributed by atoms with Gasteiger partial charge < -0.3 is 4.74 Å². The third-order valence-electron chi connectivity index (χ3n) is 9.34. The van der Waals surface area contributed by atoms with E-state index in [-0.39, 0.29) is 17.9 Å². The van der Waals surface area contributed by atoms with Crippen molar-refractivity contribution in [2.75, 3.05) is 0 Å². The molecule has 0 fully saturated rings. The lowest BCUT2D eigenvalue weighted by molar-refractivity contribution is -0.163. The molecule has 0 radical (unpaired) electrons. The molecule has 0 amide bonds. The molecule has 1 atom stereocenters. The first-order chi connectivity index (χ1) is 21.2. The number of ether oxygens (including phenoxy) is 1. The fourth-order valence-corrected chi connectivity index (χ4v) is 6.32. The van der Waals surface area contributed by atoms with Crippen molar-refractivity contribution < 1.29 is 14.3 Å². The lowest BCUT2D eigenvalue weighted by atomic mass is 9.94. The van der Waals surface area contributed by atoms with E-state index in [0.717, 1.165) is 38.5 Å². The van der Waals surface area contributed by atoms with Crippen LogP contribution in [0.4, 0.5) is 0 Å². The predicted molar refractivity (Wildman–Crippen MR) is 189 cm³/mol. The molecular formula is C40H78O3. The molecular weight excluding hydrogens is 528 g/mol. The van der Waals surface area contributed by atoms with Gasteiger partial charge in [0.1, 0.15) is 0 Å². The Hall–Kier alpha value is -0.860. The zero-order chi connectivity index (χ0) is 31.5. The van der Waals surface area contributed by atoms with Crippen LogP contribution in [0.3, 0.4) is 0 Å². The zero-order valence-electron chi connectivity index (χ0n) is 29.8. The molecule has 43 heavy (non-hydrogen) atoms. The molecule has 0 aliphatic rings. The van der Waals surface area contributed by atoms with Crippen molar-refractivity contribution in [3.63, 3.8) is 0 Å². The van der Waals surface area contributed by atoms with Gasteiger partial charge in [-0.2, -0.15) is 0 Å². The summed E-state index contributed by atoms with van der Waals surface area (Å²) in [5.74, 6) is -0.630. The van der Waals surface area contributed by atoms with E-state index in [0.29, 0.717) is 6.42 Å². The summed E-state index contributed by atoms with van der Waals surface area (Å²) in [5.41, 5.74) is 0. The van der Waals surface area contributed by atoms with Gasteiger partial charge >= 0.3 is 11.9 Å². The summed E-state index contributed by atoms with van der Waals surface area (Å²) in [6, 6.07) is 0. The average Bonchev–Trinajstić information content (AvgIpc) is 3.00. The Kier molecular flexibility index (Phi) is 34.9. The highest BCUT2D eigenvalue weighted by Crippen LogP contribution is 2.22. The number of hydrogen-bond donors (Lipinski definition) is 0. The van der Waals surface area contributed by atoms with Crippen LogP contribution in [0.2, 0.25) is 0 Å². The Labute approximate surface area is 270 Å². The van der Waals surface area contributed by atoms with E-state index in [4.69, 9.17) is 4.74 Å². The van der Waals surface area contributed by atoms with Crippen molar-refractivity contribution in [2.45, 2.75) is 239 Å². The van der Waals surface area contributed by atoms with Crippen molar-refractivity contribution in [1.29, 1.82) is 0 Å². The predicted octanol–water partition coefficient (Wildman–Crippen LogP) is 14.0. The monoisotopic (exact) mass is 607 g/mol. The van der Waals surface area contributed by atoms with Crippen molar-refractivity contribution in [3.8, 4) is 0 Å². The minimum Gasteiger partial charge on any atom is -0.393 e. The third kappa shape index (κ3) is 32.3. The number of unbranched alkanes of at least 4 members (excludes halogenated alkanes) is 28. The topological polar surface area (TPSA) is 43.4 Å². The smallest absolute Gasteiger partial charge is 0.316 e. The van der Waals surface area contributed by atoms with Crippen molar-refractivity contribution in [3.05, 3.63) is 0 Å². The molecule has 3 nitrogen and oxygen atoms in total. The molecule has 0 aromatic heterocycles. The summed E-state index contributed by atoms with van der Waals surface area (Å²) in [4.78, 5) is 25.3. The summed E-state index contributed by atoms with van der Waals surface area (Å²) < 4.78 is 5.38. The molecule has 0 aromatic rings. The molecule has 3 heteroatoms. The first-order valence-corrected chi connectivity index (χ1v) is 19.9. The van der Waals surface area contributed by atoms with Gasteiger partial charge in [-0.05, 0) is 19.3 Å². The van der Waals surface area contributed by atoms with Gasteiger partial charge in [-0.1, -0.05) is 213 Å². The molecule has 0 spiro atoms. The Morgan fingerprint density at radius 2 is 0.628 bits per heavy atom. The molecule has 0 heterocycles. The minimum atomic E-state index is -0.296. The van der Waals surface area contributed by atoms with Gasteiger partial charge in [-0.15, -0.1) is 0 Å². The van der Waals surface area contributed by atoms with E-state index in [1.165, 1.54) is 173 Å². The van der Waals surface area contributed by atoms with Crippen LogP contribution < -0.4 is 0 Å². The second-order valence-electron chi connectivity index (χ2n) is 13.7. The summed E-state index contributed by atoms with van der Waals surface area (Å²) in [6.45, 7) is 6.79. The largest absolute Gasteiger partial charge is 0.393 e. The molecule has 256 valence electrons. The molecule has 0 bridgehead atoms. The Morgan fingerprint density at radius 3 is 0.930 bits per heavy atom. The van der Waals surface area contributed by atoms with Gasteiger partial charge in [0, 0.05) is 6.42 Å². The maximum atomic E-state index is 12.9. The molecule has 0 N–H and O–H groups in total. The molecule has 0 rings (SSSR count). The van der Waals surface area contributed by atoms with Crippen LogP contribution in [0.25, 0.3) is 0 Å².